The highest BCUT2D eigenvalue weighted by Gasteiger charge is 2.01. The van der Waals surface area contributed by atoms with Gasteiger partial charge in [0.1, 0.15) is 0 Å². The Morgan fingerprint density at radius 2 is 2.07 bits per heavy atom. The van der Waals surface area contributed by atoms with Gasteiger partial charge >= 0.3 is 0 Å². The molecule has 0 aliphatic heterocycles. The molecule has 0 amide bonds. The van der Waals surface area contributed by atoms with E-state index in [0.29, 0.717) is 10.0 Å². The summed E-state index contributed by atoms with van der Waals surface area (Å²) in [5, 5.41) is 13.2. The molecule has 0 aromatic heterocycles. The highest BCUT2D eigenvalue weighted by atomic mass is 35.5. The summed E-state index contributed by atoms with van der Waals surface area (Å²) in [6.07, 6.45) is 0. The van der Waals surface area contributed by atoms with Crippen molar-refractivity contribution in [3.05, 3.63) is 33.8 Å². The van der Waals surface area contributed by atoms with E-state index in [4.69, 9.17) is 28.3 Å². The molecule has 2 N–H and O–H groups in total. The molecule has 0 aliphatic rings. The second-order valence-electron chi connectivity index (χ2n) is 3.67. The number of halogens is 2. The molecule has 0 saturated carbocycles. The first kappa shape index (κ1) is 12.8. The predicted molar refractivity (Wildman–Crippen MR) is 64.4 cm³/mol. The van der Waals surface area contributed by atoms with Gasteiger partial charge in [0, 0.05) is 19.7 Å². The minimum atomic E-state index is 0.203. The summed E-state index contributed by atoms with van der Waals surface area (Å²) < 4.78 is 0. The number of benzene rings is 1. The summed E-state index contributed by atoms with van der Waals surface area (Å²) in [4.78, 5) is 0. The number of aliphatic hydroxyl groups excluding tert-OH is 1. The average Bonchev–Trinajstić information content (AvgIpc) is 2.23. The average molecular weight is 248 g/mol. The zero-order valence-corrected chi connectivity index (χ0v) is 10.1. The fourth-order valence-corrected chi connectivity index (χ4v) is 1.50. The molecule has 0 fully saturated rings. The fraction of sp³-hybridized carbons (Fsp3) is 0.455. The van der Waals surface area contributed by atoms with Crippen LogP contribution in [0.25, 0.3) is 0 Å². The number of aliphatic hydroxyl groups is 1. The smallest absolute Gasteiger partial charge is 0.0595 e. The molecule has 0 heterocycles. The number of rotatable bonds is 5. The van der Waals surface area contributed by atoms with E-state index in [1.165, 1.54) is 0 Å². The SMILES string of the molecule is CC(CO)CNCc1ccc(Cl)c(Cl)c1. The van der Waals surface area contributed by atoms with E-state index in [-0.39, 0.29) is 12.5 Å². The normalized spacial score (nSPS) is 12.8. The summed E-state index contributed by atoms with van der Waals surface area (Å²) in [6.45, 7) is 3.72. The highest BCUT2D eigenvalue weighted by Crippen LogP contribution is 2.22. The second kappa shape index (κ2) is 6.33. The van der Waals surface area contributed by atoms with Gasteiger partial charge in [0.05, 0.1) is 10.0 Å². The van der Waals surface area contributed by atoms with Crippen LogP contribution in [-0.2, 0) is 6.54 Å². The van der Waals surface area contributed by atoms with Crippen molar-refractivity contribution in [1.82, 2.24) is 5.32 Å². The van der Waals surface area contributed by atoms with Crippen molar-refractivity contribution in [2.24, 2.45) is 5.92 Å². The van der Waals surface area contributed by atoms with Gasteiger partial charge in [-0.15, -0.1) is 0 Å². The van der Waals surface area contributed by atoms with Crippen LogP contribution in [-0.4, -0.2) is 18.3 Å². The Morgan fingerprint density at radius 1 is 1.33 bits per heavy atom. The van der Waals surface area contributed by atoms with E-state index < -0.39 is 0 Å². The number of nitrogens with one attached hydrogen (secondary N) is 1. The van der Waals surface area contributed by atoms with Crippen LogP contribution in [0, 0.1) is 5.92 Å². The van der Waals surface area contributed by atoms with E-state index in [9.17, 15) is 0 Å². The lowest BCUT2D eigenvalue weighted by molar-refractivity contribution is 0.233. The zero-order chi connectivity index (χ0) is 11.3. The van der Waals surface area contributed by atoms with Gasteiger partial charge in [-0.3, -0.25) is 0 Å². The van der Waals surface area contributed by atoms with E-state index in [2.05, 4.69) is 5.32 Å². The van der Waals surface area contributed by atoms with Crippen LogP contribution >= 0.6 is 23.2 Å². The Morgan fingerprint density at radius 3 is 2.67 bits per heavy atom. The third-order valence-corrected chi connectivity index (χ3v) is 2.86. The van der Waals surface area contributed by atoms with Gasteiger partial charge in [-0.05, 0) is 23.6 Å². The summed E-state index contributed by atoms with van der Waals surface area (Å²) in [5.74, 6) is 0.271. The lowest BCUT2D eigenvalue weighted by atomic mass is 10.2. The van der Waals surface area contributed by atoms with Gasteiger partial charge in [0.15, 0.2) is 0 Å². The van der Waals surface area contributed by atoms with Crippen LogP contribution in [0.4, 0.5) is 0 Å². The van der Waals surface area contributed by atoms with Crippen molar-refractivity contribution >= 4 is 23.2 Å². The summed E-state index contributed by atoms with van der Waals surface area (Å²) >= 11 is 11.7. The quantitative estimate of drug-likeness (QED) is 0.839. The van der Waals surface area contributed by atoms with E-state index >= 15 is 0 Å². The van der Waals surface area contributed by atoms with Crippen molar-refractivity contribution in [2.45, 2.75) is 13.5 Å². The van der Waals surface area contributed by atoms with Gasteiger partial charge < -0.3 is 10.4 Å². The Hall–Kier alpha value is -0.280. The topological polar surface area (TPSA) is 32.3 Å². The molecule has 2 nitrogen and oxygen atoms in total. The molecule has 15 heavy (non-hydrogen) atoms. The molecule has 4 heteroatoms. The lowest BCUT2D eigenvalue weighted by Gasteiger charge is -2.09. The van der Waals surface area contributed by atoms with Crippen LogP contribution < -0.4 is 5.32 Å². The van der Waals surface area contributed by atoms with Gasteiger partial charge in [0.25, 0.3) is 0 Å². The molecule has 0 saturated heterocycles. The van der Waals surface area contributed by atoms with Crippen LogP contribution in [0.1, 0.15) is 12.5 Å². The van der Waals surface area contributed by atoms with Gasteiger partial charge in [-0.2, -0.15) is 0 Å². The van der Waals surface area contributed by atoms with E-state index in [0.717, 1.165) is 18.7 Å². The number of hydrogen-bond donors (Lipinski definition) is 2. The molecule has 84 valence electrons. The Labute approximate surface area is 100 Å². The number of hydrogen-bond acceptors (Lipinski definition) is 2. The summed E-state index contributed by atoms with van der Waals surface area (Å²) in [7, 11) is 0. The summed E-state index contributed by atoms with van der Waals surface area (Å²) in [6, 6.07) is 5.57. The van der Waals surface area contributed by atoms with Crippen LogP contribution in [0.15, 0.2) is 18.2 Å². The monoisotopic (exact) mass is 247 g/mol. The molecular weight excluding hydrogens is 233 g/mol. The van der Waals surface area contributed by atoms with Crippen LogP contribution in [0.5, 0.6) is 0 Å². The zero-order valence-electron chi connectivity index (χ0n) is 8.63. The Balaban J connectivity index is 2.41. The maximum Gasteiger partial charge on any atom is 0.0595 e. The first-order valence-electron chi connectivity index (χ1n) is 4.89. The predicted octanol–water partition coefficient (Wildman–Crippen LogP) is 2.71. The molecular formula is C11H15Cl2NO. The molecule has 1 aromatic carbocycles. The van der Waals surface area contributed by atoms with Gasteiger partial charge in [-0.25, -0.2) is 0 Å². The molecule has 0 radical (unpaired) electrons. The fourth-order valence-electron chi connectivity index (χ4n) is 1.18. The molecule has 0 aliphatic carbocycles. The van der Waals surface area contributed by atoms with Crippen molar-refractivity contribution in [3.8, 4) is 0 Å². The molecule has 1 unspecified atom stereocenters. The van der Waals surface area contributed by atoms with Crippen LogP contribution in [0.2, 0.25) is 10.0 Å². The minimum absolute atomic E-state index is 0.203. The van der Waals surface area contributed by atoms with Crippen molar-refractivity contribution in [1.29, 1.82) is 0 Å². The standard InChI is InChI=1S/C11H15Cl2NO/c1-8(7-15)5-14-6-9-2-3-10(12)11(13)4-9/h2-4,8,14-15H,5-7H2,1H3. The summed E-state index contributed by atoms with van der Waals surface area (Å²) in [5.41, 5.74) is 1.09. The Bertz CT molecular complexity index is 317. The molecule has 0 spiro atoms. The van der Waals surface area contributed by atoms with Gasteiger partial charge in [0.2, 0.25) is 0 Å². The lowest BCUT2D eigenvalue weighted by Crippen LogP contribution is -2.22. The van der Waals surface area contributed by atoms with Crippen molar-refractivity contribution < 1.29 is 5.11 Å². The maximum absolute atomic E-state index is 8.83. The minimum Gasteiger partial charge on any atom is -0.396 e. The third kappa shape index (κ3) is 4.39. The first-order valence-corrected chi connectivity index (χ1v) is 5.64. The highest BCUT2D eigenvalue weighted by molar-refractivity contribution is 6.42. The van der Waals surface area contributed by atoms with Crippen molar-refractivity contribution in [3.63, 3.8) is 0 Å². The second-order valence-corrected chi connectivity index (χ2v) is 4.48. The van der Waals surface area contributed by atoms with Crippen molar-refractivity contribution in [2.75, 3.05) is 13.2 Å². The molecule has 0 bridgehead atoms. The largest absolute Gasteiger partial charge is 0.396 e. The van der Waals surface area contributed by atoms with Gasteiger partial charge in [-0.1, -0.05) is 36.2 Å². The first-order chi connectivity index (χ1) is 7.13. The maximum atomic E-state index is 8.83. The molecule has 1 aromatic rings. The van der Waals surface area contributed by atoms with Crippen LogP contribution in [0.3, 0.4) is 0 Å². The molecule has 1 rings (SSSR count). The Kier molecular flexibility index (Phi) is 5.40. The third-order valence-electron chi connectivity index (χ3n) is 2.12. The molecule has 1 atom stereocenters. The van der Waals surface area contributed by atoms with E-state index in [1.54, 1.807) is 6.07 Å². The van der Waals surface area contributed by atoms with E-state index in [1.807, 2.05) is 19.1 Å².